The van der Waals surface area contributed by atoms with Crippen LogP contribution >= 0.6 is 0 Å². The molecule has 0 amide bonds. The van der Waals surface area contributed by atoms with Gasteiger partial charge in [0.15, 0.2) is 17.7 Å². The van der Waals surface area contributed by atoms with Crippen molar-refractivity contribution in [1.29, 1.82) is 0 Å². The molecule has 0 aliphatic rings. The van der Waals surface area contributed by atoms with Gasteiger partial charge < -0.3 is 9.05 Å². The maximum Gasteiger partial charge on any atom is 0.225 e. The molecule has 0 unspecified atom stereocenters. The lowest BCUT2D eigenvalue weighted by atomic mass is 10.2. The van der Waals surface area contributed by atoms with E-state index in [2.05, 4.69) is 50.3 Å². The van der Waals surface area contributed by atoms with Gasteiger partial charge in [0.1, 0.15) is 11.9 Å². The highest BCUT2D eigenvalue weighted by molar-refractivity contribution is 5.72. The summed E-state index contributed by atoms with van der Waals surface area (Å²) < 4.78 is 15.3. The van der Waals surface area contributed by atoms with Gasteiger partial charge in [0, 0.05) is 5.27 Å². The molecule has 4 aromatic heterocycles. The van der Waals surface area contributed by atoms with E-state index >= 15 is 0 Å². The Balaban J connectivity index is 1.98. The van der Waals surface area contributed by atoms with E-state index in [-0.39, 0.29) is 5.82 Å². The maximum atomic E-state index is 4.70. The molecule has 0 fully saturated rings. The second-order valence-electron chi connectivity index (χ2n) is 3.51. The van der Waals surface area contributed by atoms with Crippen LogP contribution in [0.25, 0.3) is 28.7 Å². The van der Waals surface area contributed by atoms with Gasteiger partial charge in [-0.1, -0.05) is 20.6 Å². The molecule has 12 nitrogen and oxygen atoms in total. The number of rotatable bonds is 3. The summed E-state index contributed by atoms with van der Waals surface area (Å²) in [4.78, 5) is 3.92. The molecule has 12 heteroatoms. The zero-order valence-corrected chi connectivity index (χ0v) is 9.48. The van der Waals surface area contributed by atoms with Gasteiger partial charge in [-0.15, -0.1) is 5.10 Å². The van der Waals surface area contributed by atoms with E-state index in [9.17, 15) is 0 Å². The Labute approximate surface area is 108 Å². The van der Waals surface area contributed by atoms with Crippen LogP contribution in [0.3, 0.4) is 0 Å². The molecule has 0 aliphatic carbocycles. The van der Waals surface area contributed by atoms with Crippen molar-refractivity contribution in [3.05, 3.63) is 18.9 Å². The van der Waals surface area contributed by atoms with Crippen LogP contribution in [0.2, 0.25) is 0 Å². The molecule has 0 aliphatic heterocycles. The van der Waals surface area contributed by atoms with Crippen molar-refractivity contribution >= 4 is 0 Å². The van der Waals surface area contributed by atoms with Crippen molar-refractivity contribution in [2.24, 2.45) is 0 Å². The summed E-state index contributed by atoms with van der Waals surface area (Å²) in [7, 11) is 0. The van der Waals surface area contributed by atoms with Crippen LogP contribution in [0, 0.1) is 0 Å². The van der Waals surface area contributed by atoms with Gasteiger partial charge in [-0.05, 0) is 5.16 Å². The van der Waals surface area contributed by atoms with E-state index < -0.39 is 0 Å². The summed E-state index contributed by atoms with van der Waals surface area (Å²) in [6.45, 7) is 0. The predicted molar refractivity (Wildman–Crippen MR) is 55.8 cm³/mol. The summed E-state index contributed by atoms with van der Waals surface area (Å²) in [6, 6.07) is 0. The predicted octanol–water partition coefficient (Wildman–Crippen LogP) is -0.250. The third kappa shape index (κ3) is 1.48. The molecule has 4 rings (SSSR count). The van der Waals surface area contributed by atoms with Crippen LogP contribution in [-0.2, 0) is 0 Å². The zero-order valence-electron chi connectivity index (χ0n) is 9.48. The van der Waals surface area contributed by atoms with E-state index in [1.54, 1.807) is 0 Å². The van der Waals surface area contributed by atoms with Crippen molar-refractivity contribution < 1.29 is 13.7 Å². The Kier molecular flexibility index (Phi) is 2.12. The molecule has 20 heavy (non-hydrogen) atoms. The number of nitrogens with zero attached hydrogens (tertiary/aromatic N) is 9. The molecule has 0 spiro atoms. The minimum atomic E-state index is 0.241. The van der Waals surface area contributed by atoms with Crippen molar-refractivity contribution in [2.45, 2.75) is 0 Å². The van der Waals surface area contributed by atoms with E-state index in [0.717, 1.165) is 0 Å². The molecule has 0 saturated heterocycles. The first-order valence-corrected chi connectivity index (χ1v) is 5.21. The molecular formula is C8H3N9O3. The van der Waals surface area contributed by atoms with Crippen LogP contribution in [0.5, 0.6) is 0 Å². The second-order valence-corrected chi connectivity index (χ2v) is 3.51. The highest BCUT2D eigenvalue weighted by Gasteiger charge is 2.24. The molecule has 0 bridgehead atoms. The molecule has 0 N–H and O–H groups in total. The summed E-state index contributed by atoms with van der Waals surface area (Å²) in [6.07, 6.45) is 3.87. The molecule has 4 heterocycles. The first kappa shape index (κ1) is 10.5. The van der Waals surface area contributed by atoms with Gasteiger partial charge in [0.05, 0.1) is 0 Å². The molecular weight excluding hydrogens is 270 g/mol. The van der Waals surface area contributed by atoms with Gasteiger partial charge in [0.2, 0.25) is 18.0 Å². The fourth-order valence-electron chi connectivity index (χ4n) is 1.62. The third-order valence-electron chi connectivity index (χ3n) is 2.41. The van der Waals surface area contributed by atoms with Gasteiger partial charge in [0.25, 0.3) is 0 Å². The lowest BCUT2D eigenvalue weighted by Crippen LogP contribution is -2.00. The highest BCUT2D eigenvalue weighted by Crippen LogP contribution is 2.27. The molecule has 0 saturated carbocycles. The van der Waals surface area contributed by atoms with Crippen LogP contribution in [0.4, 0.5) is 0 Å². The van der Waals surface area contributed by atoms with Crippen molar-refractivity contribution in [3.63, 3.8) is 0 Å². The number of hydrogen-bond acceptors (Lipinski definition) is 11. The summed E-state index contributed by atoms with van der Waals surface area (Å²) in [5.41, 5.74) is 1.12. The Morgan fingerprint density at radius 3 is 2.80 bits per heavy atom. The minimum Gasteiger partial charge on any atom is -0.343 e. The van der Waals surface area contributed by atoms with Gasteiger partial charge >= 0.3 is 0 Å². The average molecular weight is 273 g/mol. The first-order valence-electron chi connectivity index (χ1n) is 5.21. The largest absolute Gasteiger partial charge is 0.343 e. The fourth-order valence-corrected chi connectivity index (χ4v) is 1.62. The molecule has 0 atom stereocenters. The van der Waals surface area contributed by atoms with Crippen LogP contribution in [0.15, 0.2) is 32.5 Å². The lowest BCUT2D eigenvalue weighted by Gasteiger charge is -1.98. The molecule has 0 aromatic carbocycles. The summed E-state index contributed by atoms with van der Waals surface area (Å²) >= 11 is 0. The monoisotopic (exact) mass is 273 g/mol. The normalized spacial score (nSPS) is 11.0. The van der Waals surface area contributed by atoms with Crippen LogP contribution in [0.1, 0.15) is 0 Å². The smallest absolute Gasteiger partial charge is 0.225 e. The first-order chi connectivity index (χ1) is 9.93. The molecule has 98 valence electrons. The van der Waals surface area contributed by atoms with Gasteiger partial charge in [-0.3, -0.25) is 0 Å². The average Bonchev–Trinajstić information content (AvgIpc) is 3.23. The Bertz CT molecular complexity index is 750. The number of aromatic nitrogens is 9. The quantitative estimate of drug-likeness (QED) is 0.486. The standard InChI is InChI=1S/C8H3N9O3/c1-4(13-20-10-1)7-6(8-9-3-19-14-8)12-15-17(7)5-2-18-16-11-5/h1-3H. The Morgan fingerprint density at radius 2 is 2.10 bits per heavy atom. The van der Waals surface area contributed by atoms with Crippen molar-refractivity contribution in [3.8, 4) is 28.7 Å². The second kappa shape index (κ2) is 4.04. The Morgan fingerprint density at radius 1 is 1.10 bits per heavy atom. The molecule has 0 radical (unpaired) electrons. The minimum absolute atomic E-state index is 0.241. The van der Waals surface area contributed by atoms with Crippen molar-refractivity contribution in [2.75, 3.05) is 0 Å². The van der Waals surface area contributed by atoms with E-state index in [1.165, 1.54) is 23.5 Å². The van der Waals surface area contributed by atoms with Crippen molar-refractivity contribution in [1.82, 2.24) is 45.8 Å². The zero-order chi connectivity index (χ0) is 13.4. The van der Waals surface area contributed by atoms with Crippen LogP contribution < -0.4 is 0 Å². The van der Waals surface area contributed by atoms with Gasteiger partial charge in [-0.25, -0.2) is 4.63 Å². The van der Waals surface area contributed by atoms with Crippen LogP contribution in [-0.4, -0.2) is 45.8 Å². The topological polar surface area (TPSA) is 147 Å². The molecule has 4 aromatic rings. The van der Waals surface area contributed by atoms with E-state index in [1.807, 2.05) is 0 Å². The maximum absolute atomic E-state index is 4.70. The van der Waals surface area contributed by atoms with Gasteiger partial charge in [-0.2, -0.15) is 9.67 Å². The van der Waals surface area contributed by atoms with E-state index in [4.69, 9.17) is 4.52 Å². The SMILES string of the molecule is c1nc(-c2nnn(-c3conn3)c2-c2cnon2)no1. The van der Waals surface area contributed by atoms with E-state index in [0.29, 0.717) is 22.9 Å². The number of hydrogen-bond donors (Lipinski definition) is 0. The summed E-state index contributed by atoms with van der Waals surface area (Å²) in [5, 5.41) is 26.0. The fraction of sp³-hybridized carbons (Fsp3) is 0. The lowest BCUT2D eigenvalue weighted by molar-refractivity contribution is 0.308. The summed E-state index contributed by atoms with van der Waals surface area (Å²) in [5.74, 6) is 0.552. The third-order valence-corrected chi connectivity index (χ3v) is 2.41. The Hall–Kier alpha value is -3.44. The highest BCUT2D eigenvalue weighted by atomic mass is 16.6.